The first-order valence-electron chi connectivity index (χ1n) is 9.09. The van der Waals surface area contributed by atoms with E-state index >= 15 is 0 Å². The van der Waals surface area contributed by atoms with E-state index in [0.717, 1.165) is 34.5 Å². The molecular weight excluding hydrogens is 372 g/mol. The van der Waals surface area contributed by atoms with Gasteiger partial charge in [-0.25, -0.2) is 9.97 Å². The number of aryl methyl sites for hydroxylation is 1. The Bertz CT molecular complexity index is 1150. The van der Waals surface area contributed by atoms with Crippen LogP contribution in [0.25, 0.3) is 22.3 Å². The third-order valence-electron chi connectivity index (χ3n) is 4.78. The highest BCUT2D eigenvalue weighted by Crippen LogP contribution is 2.26. The van der Waals surface area contributed by atoms with Crippen LogP contribution in [0.5, 0.6) is 0 Å². The highest BCUT2D eigenvalue weighted by Gasteiger charge is 2.09. The topological polar surface area (TPSA) is 92.5 Å². The van der Waals surface area contributed by atoms with Gasteiger partial charge in [-0.3, -0.25) is 0 Å². The van der Waals surface area contributed by atoms with E-state index in [0.29, 0.717) is 17.4 Å². The normalized spacial score (nSPS) is 11.1. The minimum Gasteiger partial charge on any atom is -0.369 e. The minimum atomic E-state index is 0.249. The van der Waals surface area contributed by atoms with Gasteiger partial charge < -0.3 is 16.0 Å². The fraction of sp³-hybridized carbons (Fsp3) is 0.190. The Balaban J connectivity index is 1.50. The maximum absolute atomic E-state index is 6.03. The van der Waals surface area contributed by atoms with E-state index in [9.17, 15) is 0 Å². The third-order valence-corrected chi connectivity index (χ3v) is 5.02. The molecule has 0 spiro atoms. The fourth-order valence-electron chi connectivity index (χ4n) is 3.19. The molecule has 2 aromatic heterocycles. The zero-order valence-electron chi connectivity index (χ0n) is 15.8. The number of aromatic amines is 1. The van der Waals surface area contributed by atoms with Gasteiger partial charge in [0, 0.05) is 29.6 Å². The number of nitrogens with zero attached hydrogens (tertiary/aromatic N) is 3. The molecule has 4 rings (SSSR count). The molecule has 4 aromatic rings. The summed E-state index contributed by atoms with van der Waals surface area (Å²) in [4.78, 5) is 16.6. The molecule has 4 N–H and O–H groups in total. The summed E-state index contributed by atoms with van der Waals surface area (Å²) in [6.07, 6.45) is 0.717. The van der Waals surface area contributed by atoms with Crippen LogP contribution in [0.3, 0.4) is 0 Å². The number of nitrogens with two attached hydrogens (primary N) is 1. The Labute approximate surface area is 168 Å². The smallest absolute Gasteiger partial charge is 0.222 e. The van der Waals surface area contributed by atoms with Crippen LogP contribution in [0.15, 0.2) is 42.5 Å². The quantitative estimate of drug-likeness (QED) is 0.464. The van der Waals surface area contributed by atoms with Crippen LogP contribution in [0.4, 0.5) is 11.8 Å². The van der Waals surface area contributed by atoms with Crippen LogP contribution in [0, 0.1) is 13.8 Å². The van der Waals surface area contributed by atoms with Crippen molar-refractivity contribution in [3.05, 3.63) is 64.4 Å². The van der Waals surface area contributed by atoms with Gasteiger partial charge in [0.05, 0.1) is 16.7 Å². The number of aromatic nitrogens is 4. The number of fused-ring (bicyclic) bond motifs is 1. The average molecular weight is 393 g/mol. The molecule has 0 unspecified atom stereocenters. The molecule has 0 amide bonds. The molecule has 6 nitrogen and oxygen atoms in total. The second-order valence-electron chi connectivity index (χ2n) is 6.77. The molecule has 0 fully saturated rings. The first-order chi connectivity index (χ1) is 13.5. The first kappa shape index (κ1) is 18.3. The summed E-state index contributed by atoms with van der Waals surface area (Å²) in [5.41, 5.74) is 12.1. The van der Waals surface area contributed by atoms with E-state index in [-0.39, 0.29) is 5.95 Å². The zero-order valence-corrected chi connectivity index (χ0v) is 16.5. The number of halogens is 1. The Morgan fingerprint density at radius 3 is 2.79 bits per heavy atom. The monoisotopic (exact) mass is 392 g/mol. The summed E-state index contributed by atoms with van der Waals surface area (Å²) < 4.78 is 0. The standard InChI is InChI=1S/C21H21ClN6/c1-12-4-3-5-15(13(12)2)17-11-20(28-21(23)27-17)24-9-8-19-25-16-7-6-14(22)10-18(16)26-19/h3-7,10-11H,8-9H2,1-2H3,(H,25,26)(H3,23,24,27,28). The van der Waals surface area contributed by atoms with Crippen LogP contribution >= 0.6 is 11.6 Å². The van der Waals surface area contributed by atoms with Gasteiger partial charge in [0.25, 0.3) is 0 Å². The van der Waals surface area contributed by atoms with Gasteiger partial charge in [0.2, 0.25) is 5.95 Å². The Kier molecular flexibility index (Phi) is 4.88. The SMILES string of the molecule is Cc1cccc(-c2cc(NCCc3nc4ccc(Cl)cc4[nH]3)nc(N)n2)c1C. The van der Waals surface area contributed by atoms with Gasteiger partial charge in [-0.05, 0) is 43.2 Å². The maximum atomic E-state index is 6.03. The number of hydrogen-bond donors (Lipinski definition) is 3. The van der Waals surface area contributed by atoms with E-state index in [1.54, 1.807) is 0 Å². The Hall–Kier alpha value is -3.12. The highest BCUT2D eigenvalue weighted by molar-refractivity contribution is 6.31. The number of imidazole rings is 1. The van der Waals surface area contributed by atoms with E-state index < -0.39 is 0 Å². The lowest BCUT2D eigenvalue weighted by Crippen LogP contribution is -2.09. The molecular formula is C21H21ClN6. The van der Waals surface area contributed by atoms with Crippen molar-refractivity contribution in [3.63, 3.8) is 0 Å². The van der Waals surface area contributed by atoms with E-state index in [2.05, 4.69) is 45.2 Å². The third kappa shape index (κ3) is 3.77. The summed E-state index contributed by atoms with van der Waals surface area (Å²) in [6, 6.07) is 13.7. The summed E-state index contributed by atoms with van der Waals surface area (Å²) >= 11 is 6.03. The lowest BCUT2D eigenvalue weighted by molar-refractivity contribution is 0.927. The van der Waals surface area contributed by atoms with Crippen LogP contribution in [0.2, 0.25) is 5.02 Å². The predicted octanol–water partition coefficient (Wildman–Crippen LogP) is 4.53. The Morgan fingerprint density at radius 2 is 1.93 bits per heavy atom. The molecule has 28 heavy (non-hydrogen) atoms. The number of benzene rings is 2. The molecule has 0 bridgehead atoms. The number of H-pyrrole nitrogens is 1. The van der Waals surface area contributed by atoms with Crippen LogP contribution in [0.1, 0.15) is 17.0 Å². The van der Waals surface area contributed by atoms with Crippen LogP contribution < -0.4 is 11.1 Å². The lowest BCUT2D eigenvalue weighted by Gasteiger charge is -2.11. The predicted molar refractivity (Wildman–Crippen MR) is 115 cm³/mol. The van der Waals surface area contributed by atoms with Crippen molar-refractivity contribution in [2.45, 2.75) is 20.3 Å². The summed E-state index contributed by atoms with van der Waals surface area (Å²) in [5.74, 6) is 1.84. The molecule has 0 saturated heterocycles. The molecule has 0 aliphatic heterocycles. The lowest BCUT2D eigenvalue weighted by atomic mass is 10.0. The van der Waals surface area contributed by atoms with Crippen molar-refractivity contribution < 1.29 is 0 Å². The van der Waals surface area contributed by atoms with Gasteiger partial charge >= 0.3 is 0 Å². The van der Waals surface area contributed by atoms with E-state index in [4.69, 9.17) is 17.3 Å². The molecule has 0 aliphatic carbocycles. The van der Waals surface area contributed by atoms with Crippen molar-refractivity contribution in [1.82, 2.24) is 19.9 Å². The van der Waals surface area contributed by atoms with Crippen molar-refractivity contribution in [2.75, 3.05) is 17.6 Å². The van der Waals surface area contributed by atoms with Gasteiger partial charge in [-0.15, -0.1) is 0 Å². The number of nitrogen functional groups attached to an aromatic ring is 1. The fourth-order valence-corrected chi connectivity index (χ4v) is 3.36. The molecule has 2 heterocycles. The molecule has 0 aliphatic rings. The minimum absolute atomic E-state index is 0.249. The van der Waals surface area contributed by atoms with Crippen LogP contribution in [-0.2, 0) is 6.42 Å². The average Bonchev–Trinajstić information content (AvgIpc) is 3.05. The number of anilines is 2. The maximum Gasteiger partial charge on any atom is 0.222 e. The van der Waals surface area contributed by atoms with E-state index in [1.165, 1.54) is 11.1 Å². The summed E-state index contributed by atoms with van der Waals surface area (Å²) in [5, 5.41) is 4.01. The molecule has 142 valence electrons. The first-order valence-corrected chi connectivity index (χ1v) is 9.46. The Morgan fingerprint density at radius 1 is 1.07 bits per heavy atom. The number of hydrogen-bond acceptors (Lipinski definition) is 5. The highest BCUT2D eigenvalue weighted by atomic mass is 35.5. The van der Waals surface area contributed by atoms with Crippen LogP contribution in [-0.4, -0.2) is 26.5 Å². The number of rotatable bonds is 5. The zero-order chi connectivity index (χ0) is 19.7. The van der Waals surface area contributed by atoms with Gasteiger partial charge in [0.1, 0.15) is 11.6 Å². The van der Waals surface area contributed by atoms with Crippen molar-refractivity contribution in [2.24, 2.45) is 0 Å². The molecule has 0 radical (unpaired) electrons. The second kappa shape index (κ2) is 7.48. The van der Waals surface area contributed by atoms with Gasteiger partial charge in [-0.1, -0.05) is 29.8 Å². The summed E-state index contributed by atoms with van der Waals surface area (Å²) in [6.45, 7) is 4.84. The molecule has 2 aromatic carbocycles. The largest absolute Gasteiger partial charge is 0.369 e. The second-order valence-corrected chi connectivity index (χ2v) is 7.20. The number of nitrogens with one attached hydrogen (secondary N) is 2. The summed E-state index contributed by atoms with van der Waals surface area (Å²) in [7, 11) is 0. The van der Waals surface area contributed by atoms with Crippen molar-refractivity contribution in [1.29, 1.82) is 0 Å². The molecule has 7 heteroatoms. The van der Waals surface area contributed by atoms with Gasteiger partial charge in [0.15, 0.2) is 0 Å². The molecule has 0 atom stereocenters. The molecule has 0 saturated carbocycles. The van der Waals surface area contributed by atoms with Crippen molar-refractivity contribution in [3.8, 4) is 11.3 Å². The van der Waals surface area contributed by atoms with E-state index in [1.807, 2.05) is 36.4 Å². The van der Waals surface area contributed by atoms with Gasteiger partial charge in [-0.2, -0.15) is 4.98 Å². The van der Waals surface area contributed by atoms with Crippen molar-refractivity contribution >= 4 is 34.4 Å².